The number of hydrogen-bond donors (Lipinski definition) is 1. The number of nitrogens with two attached hydrogens (primary N) is 1. The maximum Gasteiger partial charge on any atom is 0.226 e. The summed E-state index contributed by atoms with van der Waals surface area (Å²) in [6.45, 7) is 4.92. The van der Waals surface area contributed by atoms with E-state index in [9.17, 15) is 4.79 Å². The van der Waals surface area contributed by atoms with Gasteiger partial charge in [0.25, 0.3) is 0 Å². The number of aromatic nitrogens is 2. The second-order valence-corrected chi connectivity index (χ2v) is 6.69. The monoisotopic (exact) mass is 308 g/mol. The van der Waals surface area contributed by atoms with Crippen molar-refractivity contribution in [1.29, 1.82) is 0 Å². The molecule has 2 rings (SSSR count). The summed E-state index contributed by atoms with van der Waals surface area (Å²) in [4.78, 5) is 18.2. The number of carbonyl (C=O) groups excluding carboxylic acids is 1. The Morgan fingerprint density at radius 1 is 1.45 bits per heavy atom. The second kappa shape index (κ2) is 7.72. The Morgan fingerprint density at radius 3 is 2.82 bits per heavy atom. The molecule has 0 radical (unpaired) electrons. The van der Waals surface area contributed by atoms with E-state index in [0.717, 1.165) is 18.7 Å². The van der Waals surface area contributed by atoms with Crippen LogP contribution in [-0.2, 0) is 11.2 Å². The molecule has 6 heteroatoms. The van der Waals surface area contributed by atoms with Gasteiger partial charge in [0.2, 0.25) is 11.8 Å². The molecule has 1 aliphatic rings. The van der Waals surface area contributed by atoms with Crippen LogP contribution >= 0.6 is 0 Å². The van der Waals surface area contributed by atoms with Crippen molar-refractivity contribution >= 4 is 5.91 Å². The summed E-state index contributed by atoms with van der Waals surface area (Å²) >= 11 is 0. The van der Waals surface area contributed by atoms with Gasteiger partial charge in [-0.25, -0.2) is 0 Å². The summed E-state index contributed by atoms with van der Waals surface area (Å²) in [5.74, 6) is 2.59. The molecule has 124 valence electrons. The fraction of sp³-hybridized carbons (Fsp3) is 0.812. The van der Waals surface area contributed by atoms with Crippen LogP contribution in [-0.4, -0.2) is 40.6 Å². The summed E-state index contributed by atoms with van der Waals surface area (Å²) in [7, 11) is 1.84. The molecular weight excluding hydrogens is 280 g/mol. The Morgan fingerprint density at radius 2 is 2.18 bits per heavy atom. The van der Waals surface area contributed by atoms with Gasteiger partial charge in [0.15, 0.2) is 5.82 Å². The number of carbonyl (C=O) groups is 1. The van der Waals surface area contributed by atoms with Crippen molar-refractivity contribution in [3.63, 3.8) is 0 Å². The van der Waals surface area contributed by atoms with Gasteiger partial charge in [-0.3, -0.25) is 4.79 Å². The number of amides is 1. The average Bonchev–Trinajstić information content (AvgIpc) is 3.23. The summed E-state index contributed by atoms with van der Waals surface area (Å²) in [5.41, 5.74) is 6.01. The molecule has 1 aliphatic carbocycles. The smallest absolute Gasteiger partial charge is 0.226 e. The Hall–Kier alpha value is -1.43. The topological polar surface area (TPSA) is 85.2 Å². The van der Waals surface area contributed by atoms with E-state index < -0.39 is 0 Å². The largest absolute Gasteiger partial charge is 0.346 e. The van der Waals surface area contributed by atoms with Gasteiger partial charge in [0.05, 0.1) is 0 Å². The molecule has 0 saturated heterocycles. The molecule has 1 atom stereocenters. The van der Waals surface area contributed by atoms with Gasteiger partial charge in [0, 0.05) is 38.4 Å². The van der Waals surface area contributed by atoms with E-state index in [-0.39, 0.29) is 11.9 Å². The summed E-state index contributed by atoms with van der Waals surface area (Å²) in [6.07, 6.45) is 5.10. The van der Waals surface area contributed by atoms with Crippen LogP contribution in [0.2, 0.25) is 0 Å². The molecule has 1 aromatic rings. The highest BCUT2D eigenvalue weighted by Gasteiger charge is 2.28. The maximum atomic E-state index is 12.1. The van der Waals surface area contributed by atoms with Gasteiger partial charge in [0.1, 0.15) is 0 Å². The minimum absolute atomic E-state index is 0.148. The van der Waals surface area contributed by atoms with Crippen LogP contribution < -0.4 is 5.73 Å². The van der Waals surface area contributed by atoms with Crippen molar-refractivity contribution in [2.45, 2.75) is 64.3 Å². The Labute approximate surface area is 132 Å². The molecule has 1 heterocycles. The maximum absolute atomic E-state index is 12.1. The first-order chi connectivity index (χ1) is 10.5. The normalized spacial score (nSPS) is 16.0. The van der Waals surface area contributed by atoms with Crippen molar-refractivity contribution < 1.29 is 9.32 Å². The lowest BCUT2D eigenvalue weighted by molar-refractivity contribution is -0.130. The molecule has 1 amide bonds. The Bertz CT molecular complexity index is 482. The molecule has 0 aromatic carbocycles. The van der Waals surface area contributed by atoms with E-state index in [2.05, 4.69) is 24.0 Å². The Balaban J connectivity index is 1.63. The quantitative estimate of drug-likeness (QED) is 0.755. The predicted octanol–water partition coefficient (Wildman–Crippen LogP) is 2.10. The summed E-state index contributed by atoms with van der Waals surface area (Å²) < 4.78 is 5.21. The van der Waals surface area contributed by atoms with Gasteiger partial charge in [-0.05, 0) is 31.6 Å². The lowest BCUT2D eigenvalue weighted by Crippen LogP contribution is -2.34. The SMILES string of the molecule is CC(C)C(N)CCN(C)C(=O)CCCc1nc(C2CC2)no1. The first kappa shape index (κ1) is 16.9. The molecule has 1 fully saturated rings. The first-order valence-corrected chi connectivity index (χ1v) is 8.29. The van der Waals surface area contributed by atoms with E-state index in [1.165, 1.54) is 12.8 Å². The summed E-state index contributed by atoms with van der Waals surface area (Å²) in [6, 6.07) is 0.148. The van der Waals surface area contributed by atoms with Crippen molar-refractivity contribution in [3.05, 3.63) is 11.7 Å². The molecule has 1 saturated carbocycles. The number of aryl methyl sites for hydroxylation is 1. The molecule has 1 aromatic heterocycles. The number of hydrogen-bond acceptors (Lipinski definition) is 5. The number of nitrogens with zero attached hydrogens (tertiary/aromatic N) is 3. The van der Waals surface area contributed by atoms with Gasteiger partial charge < -0.3 is 15.2 Å². The zero-order chi connectivity index (χ0) is 16.1. The highest BCUT2D eigenvalue weighted by molar-refractivity contribution is 5.75. The standard InChI is InChI=1S/C16H28N4O2/c1-11(2)13(17)9-10-20(3)15(21)6-4-5-14-18-16(19-22-14)12-7-8-12/h11-13H,4-10,17H2,1-3H3. The second-order valence-electron chi connectivity index (χ2n) is 6.69. The van der Waals surface area contributed by atoms with Crippen LogP contribution in [0.5, 0.6) is 0 Å². The molecule has 0 aliphatic heterocycles. The van der Waals surface area contributed by atoms with Crippen LogP contribution in [0.3, 0.4) is 0 Å². The van der Waals surface area contributed by atoms with Gasteiger partial charge >= 0.3 is 0 Å². The van der Waals surface area contributed by atoms with Crippen LogP contribution in [0, 0.1) is 5.92 Å². The fourth-order valence-corrected chi connectivity index (χ4v) is 2.26. The third-order valence-corrected chi connectivity index (χ3v) is 4.29. The van der Waals surface area contributed by atoms with E-state index in [1.54, 1.807) is 4.90 Å². The lowest BCUT2D eigenvalue weighted by atomic mass is 10.0. The third kappa shape index (κ3) is 5.09. The van der Waals surface area contributed by atoms with Crippen LogP contribution in [0.15, 0.2) is 4.52 Å². The summed E-state index contributed by atoms with van der Waals surface area (Å²) in [5, 5.41) is 3.98. The van der Waals surface area contributed by atoms with Gasteiger partial charge in [-0.15, -0.1) is 0 Å². The average molecular weight is 308 g/mol. The minimum atomic E-state index is 0.148. The lowest BCUT2D eigenvalue weighted by Gasteiger charge is -2.21. The van der Waals surface area contributed by atoms with Gasteiger partial charge in [-0.2, -0.15) is 4.98 Å². The molecule has 0 spiro atoms. The van der Waals surface area contributed by atoms with Crippen molar-refractivity contribution in [2.24, 2.45) is 11.7 Å². The molecule has 1 unspecified atom stereocenters. The van der Waals surface area contributed by atoms with Crippen LogP contribution in [0.4, 0.5) is 0 Å². The van der Waals surface area contributed by atoms with Crippen molar-refractivity contribution in [3.8, 4) is 0 Å². The van der Waals surface area contributed by atoms with E-state index in [1.807, 2.05) is 7.05 Å². The minimum Gasteiger partial charge on any atom is -0.346 e. The first-order valence-electron chi connectivity index (χ1n) is 8.29. The number of rotatable bonds is 9. The predicted molar refractivity (Wildman–Crippen MR) is 84.3 cm³/mol. The zero-order valence-electron chi connectivity index (χ0n) is 13.9. The highest BCUT2D eigenvalue weighted by Crippen LogP contribution is 2.38. The molecule has 6 nitrogen and oxygen atoms in total. The van der Waals surface area contributed by atoms with Crippen molar-refractivity contribution in [1.82, 2.24) is 15.0 Å². The van der Waals surface area contributed by atoms with E-state index in [0.29, 0.717) is 37.1 Å². The molecule has 0 bridgehead atoms. The van der Waals surface area contributed by atoms with Gasteiger partial charge in [-0.1, -0.05) is 19.0 Å². The zero-order valence-corrected chi connectivity index (χ0v) is 13.9. The van der Waals surface area contributed by atoms with E-state index in [4.69, 9.17) is 10.3 Å². The van der Waals surface area contributed by atoms with Crippen molar-refractivity contribution in [2.75, 3.05) is 13.6 Å². The molecule has 22 heavy (non-hydrogen) atoms. The molecular formula is C16H28N4O2. The Kier molecular flexibility index (Phi) is 5.94. The molecule has 2 N–H and O–H groups in total. The highest BCUT2D eigenvalue weighted by atomic mass is 16.5. The van der Waals surface area contributed by atoms with E-state index >= 15 is 0 Å². The fourth-order valence-electron chi connectivity index (χ4n) is 2.26. The van der Waals surface area contributed by atoms with Crippen LogP contribution in [0.1, 0.15) is 63.6 Å². The van der Waals surface area contributed by atoms with Crippen LogP contribution in [0.25, 0.3) is 0 Å². The third-order valence-electron chi connectivity index (χ3n) is 4.29.